The Morgan fingerprint density at radius 1 is 1.03 bits per heavy atom. The molecule has 0 saturated carbocycles. The highest BCUT2D eigenvalue weighted by Gasteiger charge is 2.26. The van der Waals surface area contributed by atoms with Crippen molar-refractivity contribution in [1.82, 2.24) is 19.9 Å². The smallest absolute Gasteiger partial charge is 0.257 e. The van der Waals surface area contributed by atoms with Crippen molar-refractivity contribution in [3.05, 3.63) is 60.0 Å². The molecule has 0 spiro atoms. The van der Waals surface area contributed by atoms with Gasteiger partial charge in [-0.2, -0.15) is 4.98 Å². The zero-order valence-corrected chi connectivity index (χ0v) is 18.4. The molecule has 1 aromatic heterocycles. The van der Waals surface area contributed by atoms with Crippen molar-refractivity contribution in [2.45, 2.75) is 19.8 Å². The molecule has 9 heteroatoms. The van der Waals surface area contributed by atoms with Crippen molar-refractivity contribution in [3.8, 4) is 22.9 Å². The first-order valence-electron chi connectivity index (χ1n) is 11.0. The van der Waals surface area contributed by atoms with Crippen molar-refractivity contribution >= 4 is 11.8 Å². The first kappa shape index (κ1) is 22.3. The minimum atomic E-state index is -0.229. The quantitative estimate of drug-likeness (QED) is 0.589. The maximum Gasteiger partial charge on any atom is 0.257 e. The summed E-state index contributed by atoms with van der Waals surface area (Å²) in [6.07, 6.45) is 0.595. The molecule has 0 bridgehead atoms. The van der Waals surface area contributed by atoms with Gasteiger partial charge in [0.1, 0.15) is 11.5 Å². The van der Waals surface area contributed by atoms with Crippen LogP contribution >= 0.6 is 0 Å². The lowest BCUT2D eigenvalue weighted by Crippen LogP contribution is -2.50. The molecule has 3 aromatic rings. The number of nitrogens with zero attached hydrogens (tertiary/aromatic N) is 4. The van der Waals surface area contributed by atoms with E-state index in [2.05, 4.69) is 10.1 Å². The number of ether oxygens (including phenoxy) is 1. The Kier molecular flexibility index (Phi) is 6.87. The molecule has 0 unspecified atom stereocenters. The van der Waals surface area contributed by atoms with E-state index in [4.69, 9.17) is 9.26 Å². The van der Waals surface area contributed by atoms with Gasteiger partial charge >= 0.3 is 0 Å². The number of piperazine rings is 1. The van der Waals surface area contributed by atoms with E-state index < -0.39 is 0 Å². The summed E-state index contributed by atoms with van der Waals surface area (Å²) in [6.45, 7) is 4.25. The SMILES string of the molecule is CCOc1ccc(-c2noc(CCC(=O)N3CCN(C(=O)c4ccccc4O)CC3)n2)cc1. The first-order chi connectivity index (χ1) is 16.0. The van der Waals surface area contributed by atoms with Crippen LogP contribution in [0.1, 0.15) is 29.6 Å². The van der Waals surface area contributed by atoms with Gasteiger partial charge < -0.3 is 24.2 Å². The van der Waals surface area contributed by atoms with Crippen LogP contribution < -0.4 is 4.74 Å². The molecule has 2 aromatic carbocycles. The third-order valence-corrected chi connectivity index (χ3v) is 5.50. The molecule has 172 valence electrons. The van der Waals surface area contributed by atoms with Crippen LogP contribution in [0.4, 0.5) is 0 Å². The number of aromatic hydroxyl groups is 1. The van der Waals surface area contributed by atoms with Gasteiger partial charge in [-0.25, -0.2) is 0 Å². The fraction of sp³-hybridized carbons (Fsp3) is 0.333. The number of para-hydroxylation sites is 1. The summed E-state index contributed by atoms with van der Waals surface area (Å²) in [4.78, 5) is 33.0. The van der Waals surface area contributed by atoms with Gasteiger partial charge in [0, 0.05) is 44.6 Å². The van der Waals surface area contributed by atoms with Crippen LogP contribution in [-0.2, 0) is 11.2 Å². The largest absolute Gasteiger partial charge is 0.507 e. The lowest BCUT2D eigenvalue weighted by molar-refractivity contribution is -0.132. The minimum absolute atomic E-state index is 0.0227. The molecule has 2 heterocycles. The number of phenols is 1. The second-order valence-corrected chi connectivity index (χ2v) is 7.66. The number of phenolic OH excluding ortho intramolecular Hbond substituents is 1. The van der Waals surface area contributed by atoms with Crippen molar-refractivity contribution in [1.29, 1.82) is 0 Å². The molecule has 4 rings (SSSR count). The molecule has 1 N–H and O–H groups in total. The van der Waals surface area contributed by atoms with Crippen LogP contribution in [0.3, 0.4) is 0 Å². The molecule has 9 nitrogen and oxygen atoms in total. The molecule has 1 aliphatic rings. The van der Waals surface area contributed by atoms with Gasteiger partial charge in [0.15, 0.2) is 0 Å². The van der Waals surface area contributed by atoms with Crippen LogP contribution in [0, 0.1) is 0 Å². The summed E-state index contributed by atoms with van der Waals surface area (Å²) in [5.41, 5.74) is 1.09. The predicted molar refractivity (Wildman–Crippen MR) is 120 cm³/mol. The average molecular weight is 450 g/mol. The van der Waals surface area contributed by atoms with Crippen molar-refractivity contribution in [3.63, 3.8) is 0 Å². The predicted octanol–water partition coefficient (Wildman–Crippen LogP) is 2.76. The normalized spacial score (nSPS) is 13.7. The van der Waals surface area contributed by atoms with E-state index in [1.165, 1.54) is 6.07 Å². The molecule has 0 radical (unpaired) electrons. The second kappa shape index (κ2) is 10.2. The maximum atomic E-state index is 12.6. The van der Waals surface area contributed by atoms with Crippen LogP contribution in [0.2, 0.25) is 0 Å². The Balaban J connectivity index is 1.26. The van der Waals surface area contributed by atoms with Crippen molar-refractivity contribution in [2.24, 2.45) is 0 Å². The summed E-state index contributed by atoms with van der Waals surface area (Å²) in [5, 5.41) is 13.9. The van der Waals surface area contributed by atoms with E-state index in [9.17, 15) is 14.7 Å². The number of aryl methyl sites for hydroxylation is 1. The number of hydrogen-bond acceptors (Lipinski definition) is 7. The lowest BCUT2D eigenvalue weighted by atomic mass is 10.1. The maximum absolute atomic E-state index is 12.6. The number of hydrogen-bond donors (Lipinski definition) is 1. The van der Waals surface area contributed by atoms with E-state index in [-0.39, 0.29) is 29.5 Å². The summed E-state index contributed by atoms with van der Waals surface area (Å²) in [6, 6.07) is 13.9. The third kappa shape index (κ3) is 5.31. The first-order valence-corrected chi connectivity index (χ1v) is 11.0. The Morgan fingerprint density at radius 2 is 1.73 bits per heavy atom. The highest BCUT2D eigenvalue weighted by atomic mass is 16.5. The van der Waals surface area contributed by atoms with Crippen LogP contribution in [0.5, 0.6) is 11.5 Å². The Bertz CT molecular complexity index is 1100. The summed E-state index contributed by atoms with van der Waals surface area (Å²) < 4.78 is 10.7. The molecular weight excluding hydrogens is 424 g/mol. The average Bonchev–Trinajstić information content (AvgIpc) is 3.32. The molecule has 0 aliphatic carbocycles. The van der Waals surface area contributed by atoms with Gasteiger partial charge in [-0.1, -0.05) is 17.3 Å². The van der Waals surface area contributed by atoms with Gasteiger partial charge in [-0.3, -0.25) is 9.59 Å². The number of rotatable bonds is 7. The Hall–Kier alpha value is -3.88. The van der Waals surface area contributed by atoms with E-state index >= 15 is 0 Å². The number of benzene rings is 2. The molecule has 1 saturated heterocycles. The molecular formula is C24H26N4O5. The van der Waals surface area contributed by atoms with Gasteiger partial charge in [-0.05, 0) is 43.3 Å². The van der Waals surface area contributed by atoms with Gasteiger partial charge in [0.05, 0.1) is 12.2 Å². The number of carbonyl (C=O) groups excluding carboxylic acids is 2. The van der Waals surface area contributed by atoms with Crippen molar-refractivity contribution < 1.29 is 24.0 Å². The molecule has 1 aliphatic heterocycles. The zero-order chi connectivity index (χ0) is 23.2. The Morgan fingerprint density at radius 3 is 2.42 bits per heavy atom. The minimum Gasteiger partial charge on any atom is -0.507 e. The fourth-order valence-corrected chi connectivity index (χ4v) is 3.70. The third-order valence-electron chi connectivity index (χ3n) is 5.50. The van der Waals surface area contributed by atoms with Crippen LogP contribution in [0.15, 0.2) is 53.1 Å². The van der Waals surface area contributed by atoms with Crippen molar-refractivity contribution in [2.75, 3.05) is 32.8 Å². The molecule has 33 heavy (non-hydrogen) atoms. The van der Waals surface area contributed by atoms with Crippen LogP contribution in [0.25, 0.3) is 11.4 Å². The van der Waals surface area contributed by atoms with E-state index in [1.807, 2.05) is 31.2 Å². The molecule has 2 amide bonds. The highest BCUT2D eigenvalue weighted by molar-refractivity contribution is 5.97. The molecule has 0 atom stereocenters. The van der Waals surface area contributed by atoms with E-state index in [0.29, 0.717) is 50.9 Å². The Labute approximate surface area is 191 Å². The van der Waals surface area contributed by atoms with Gasteiger partial charge in [-0.15, -0.1) is 0 Å². The number of amides is 2. The van der Waals surface area contributed by atoms with E-state index in [1.54, 1.807) is 28.0 Å². The summed E-state index contributed by atoms with van der Waals surface area (Å²) in [5.74, 6) is 1.36. The zero-order valence-electron chi connectivity index (χ0n) is 18.4. The topological polar surface area (TPSA) is 109 Å². The van der Waals surface area contributed by atoms with Gasteiger partial charge in [0.25, 0.3) is 5.91 Å². The van der Waals surface area contributed by atoms with Crippen LogP contribution in [-0.4, -0.2) is 69.6 Å². The van der Waals surface area contributed by atoms with Gasteiger partial charge in [0.2, 0.25) is 17.6 Å². The monoisotopic (exact) mass is 450 g/mol. The summed E-state index contributed by atoms with van der Waals surface area (Å²) in [7, 11) is 0. The highest BCUT2D eigenvalue weighted by Crippen LogP contribution is 2.21. The standard InChI is InChI=1S/C24H26N4O5/c1-2-32-18-9-7-17(8-10-18)23-25-21(33-26-23)11-12-22(30)27-13-15-28(16-14-27)24(31)19-5-3-4-6-20(19)29/h3-10,29H,2,11-16H2,1H3. The second-order valence-electron chi connectivity index (χ2n) is 7.66. The summed E-state index contributed by atoms with van der Waals surface area (Å²) >= 11 is 0. The molecule has 1 fully saturated rings. The number of carbonyl (C=O) groups is 2. The number of aromatic nitrogens is 2. The fourth-order valence-electron chi connectivity index (χ4n) is 3.70. The van der Waals surface area contributed by atoms with E-state index in [0.717, 1.165) is 11.3 Å². The lowest BCUT2D eigenvalue weighted by Gasteiger charge is -2.35.